The molecule has 0 saturated heterocycles. The third-order valence-corrected chi connectivity index (χ3v) is 3.58. The molecule has 0 radical (unpaired) electrons. The Morgan fingerprint density at radius 3 is 2.24 bits per heavy atom. The molecule has 1 aromatic carbocycles. The summed E-state index contributed by atoms with van der Waals surface area (Å²) in [6.45, 7) is 6.57. The minimum absolute atomic E-state index is 0.0677. The van der Waals surface area contributed by atoms with Crippen LogP contribution in [0.25, 0.3) is 0 Å². The van der Waals surface area contributed by atoms with Gasteiger partial charge in [0.15, 0.2) is 6.29 Å². The van der Waals surface area contributed by atoms with Crippen LogP contribution in [0.3, 0.4) is 0 Å². The van der Waals surface area contributed by atoms with Gasteiger partial charge in [-0.05, 0) is 62.3 Å². The van der Waals surface area contributed by atoms with E-state index in [-0.39, 0.29) is 6.29 Å². The van der Waals surface area contributed by atoms with Gasteiger partial charge in [-0.15, -0.1) is 0 Å². The van der Waals surface area contributed by atoms with Gasteiger partial charge in [-0.1, -0.05) is 12.1 Å². The molecule has 0 fully saturated rings. The molecule has 0 aliphatic heterocycles. The average Bonchev–Trinajstić information content (AvgIpc) is 2.34. The first-order valence-corrected chi connectivity index (χ1v) is 6.21. The van der Waals surface area contributed by atoms with Gasteiger partial charge < -0.3 is 9.47 Å². The molecule has 0 N–H and O–H groups in total. The highest BCUT2D eigenvalue weighted by Crippen LogP contribution is 2.19. The van der Waals surface area contributed by atoms with Gasteiger partial charge in [-0.3, -0.25) is 0 Å². The summed E-state index contributed by atoms with van der Waals surface area (Å²) in [6.07, 6.45) is 3.06. The highest BCUT2D eigenvalue weighted by atomic mass is 16.7. The Labute approximate surface area is 105 Å². The standard InChI is InChI=1S/C15H24O2/c1-11-9-10-14(13(3)12(11)2)7-6-8-15(16-4)17-5/h9-10,15H,6-8H2,1-5H3. The molecule has 0 atom stereocenters. The molecule has 0 aliphatic rings. The zero-order valence-corrected chi connectivity index (χ0v) is 11.7. The van der Waals surface area contributed by atoms with Crippen LogP contribution in [0.2, 0.25) is 0 Å². The molecule has 17 heavy (non-hydrogen) atoms. The van der Waals surface area contributed by atoms with Crippen molar-refractivity contribution in [3.05, 3.63) is 34.4 Å². The fourth-order valence-corrected chi connectivity index (χ4v) is 2.07. The number of rotatable bonds is 6. The molecule has 1 rings (SSSR count). The van der Waals surface area contributed by atoms with Gasteiger partial charge in [-0.2, -0.15) is 0 Å². The fraction of sp³-hybridized carbons (Fsp3) is 0.600. The van der Waals surface area contributed by atoms with Crippen LogP contribution in [0.5, 0.6) is 0 Å². The van der Waals surface area contributed by atoms with Crippen LogP contribution >= 0.6 is 0 Å². The Bertz CT molecular complexity index is 354. The third-order valence-electron chi connectivity index (χ3n) is 3.58. The first-order valence-electron chi connectivity index (χ1n) is 6.21. The lowest BCUT2D eigenvalue weighted by Crippen LogP contribution is -2.12. The van der Waals surface area contributed by atoms with E-state index in [2.05, 4.69) is 32.9 Å². The maximum Gasteiger partial charge on any atom is 0.156 e. The van der Waals surface area contributed by atoms with E-state index >= 15 is 0 Å². The molecule has 0 bridgehead atoms. The molecule has 0 spiro atoms. The van der Waals surface area contributed by atoms with Crippen LogP contribution in [0, 0.1) is 20.8 Å². The maximum absolute atomic E-state index is 5.19. The lowest BCUT2D eigenvalue weighted by Gasteiger charge is -2.14. The Balaban J connectivity index is 2.55. The molecule has 96 valence electrons. The molecule has 0 amide bonds. The van der Waals surface area contributed by atoms with Gasteiger partial charge in [-0.25, -0.2) is 0 Å². The predicted molar refractivity (Wildman–Crippen MR) is 71.4 cm³/mol. The molecule has 2 heteroatoms. The van der Waals surface area contributed by atoms with Crippen molar-refractivity contribution in [2.24, 2.45) is 0 Å². The van der Waals surface area contributed by atoms with E-state index in [1.165, 1.54) is 22.3 Å². The average molecular weight is 236 g/mol. The summed E-state index contributed by atoms with van der Waals surface area (Å²) >= 11 is 0. The largest absolute Gasteiger partial charge is 0.356 e. The van der Waals surface area contributed by atoms with Crippen LogP contribution < -0.4 is 0 Å². The van der Waals surface area contributed by atoms with E-state index in [0.717, 1.165) is 19.3 Å². The Kier molecular flexibility index (Phi) is 5.66. The summed E-state index contributed by atoms with van der Waals surface area (Å²) in [6, 6.07) is 4.45. The van der Waals surface area contributed by atoms with Crippen molar-refractivity contribution in [3.8, 4) is 0 Å². The zero-order chi connectivity index (χ0) is 12.8. The second-order valence-electron chi connectivity index (χ2n) is 4.58. The zero-order valence-electron chi connectivity index (χ0n) is 11.7. The summed E-state index contributed by atoms with van der Waals surface area (Å²) < 4.78 is 10.4. The number of aryl methyl sites for hydroxylation is 2. The number of methoxy groups -OCH3 is 2. The van der Waals surface area contributed by atoms with Gasteiger partial charge in [0.05, 0.1) is 0 Å². The second kappa shape index (κ2) is 6.77. The first kappa shape index (κ1) is 14.2. The molecule has 0 aliphatic carbocycles. The van der Waals surface area contributed by atoms with Crippen LogP contribution in [0.4, 0.5) is 0 Å². The highest BCUT2D eigenvalue weighted by molar-refractivity contribution is 5.38. The van der Waals surface area contributed by atoms with Crippen molar-refractivity contribution in [2.45, 2.75) is 46.3 Å². The van der Waals surface area contributed by atoms with E-state index in [4.69, 9.17) is 9.47 Å². The topological polar surface area (TPSA) is 18.5 Å². The van der Waals surface area contributed by atoms with Crippen molar-refractivity contribution in [2.75, 3.05) is 14.2 Å². The second-order valence-corrected chi connectivity index (χ2v) is 4.58. The van der Waals surface area contributed by atoms with Gasteiger partial charge >= 0.3 is 0 Å². The lowest BCUT2D eigenvalue weighted by atomic mass is 9.95. The number of benzene rings is 1. The van der Waals surface area contributed by atoms with E-state index < -0.39 is 0 Å². The minimum atomic E-state index is -0.0677. The normalized spacial score (nSPS) is 11.2. The molecular weight excluding hydrogens is 212 g/mol. The van der Waals surface area contributed by atoms with Gasteiger partial charge in [0, 0.05) is 14.2 Å². The van der Waals surface area contributed by atoms with Crippen molar-refractivity contribution >= 4 is 0 Å². The quantitative estimate of drug-likeness (QED) is 0.703. The van der Waals surface area contributed by atoms with E-state index in [1.54, 1.807) is 14.2 Å². The summed E-state index contributed by atoms with van der Waals surface area (Å²) in [5, 5.41) is 0. The summed E-state index contributed by atoms with van der Waals surface area (Å²) in [5.41, 5.74) is 5.66. The molecule has 0 aromatic heterocycles. The summed E-state index contributed by atoms with van der Waals surface area (Å²) in [7, 11) is 3.38. The van der Waals surface area contributed by atoms with Crippen LogP contribution in [0.1, 0.15) is 35.1 Å². The predicted octanol–water partition coefficient (Wildman–Crippen LogP) is 3.55. The van der Waals surface area contributed by atoms with Crippen molar-refractivity contribution in [3.63, 3.8) is 0 Å². The lowest BCUT2D eigenvalue weighted by molar-refractivity contribution is -0.106. The summed E-state index contributed by atoms with van der Waals surface area (Å²) in [5.74, 6) is 0. The van der Waals surface area contributed by atoms with Crippen LogP contribution in [-0.4, -0.2) is 20.5 Å². The third kappa shape index (κ3) is 3.83. The monoisotopic (exact) mass is 236 g/mol. The van der Waals surface area contributed by atoms with E-state index in [0.29, 0.717) is 0 Å². The molecule has 0 saturated carbocycles. The Hall–Kier alpha value is -0.860. The van der Waals surface area contributed by atoms with Crippen LogP contribution in [0.15, 0.2) is 12.1 Å². The van der Waals surface area contributed by atoms with Crippen LogP contribution in [-0.2, 0) is 15.9 Å². The van der Waals surface area contributed by atoms with Crippen molar-refractivity contribution in [1.82, 2.24) is 0 Å². The Morgan fingerprint density at radius 1 is 1.00 bits per heavy atom. The first-order chi connectivity index (χ1) is 8.10. The SMILES string of the molecule is COC(CCCc1ccc(C)c(C)c1C)OC. The smallest absolute Gasteiger partial charge is 0.156 e. The van der Waals surface area contributed by atoms with E-state index in [1.807, 2.05) is 0 Å². The maximum atomic E-state index is 5.19. The molecule has 0 heterocycles. The van der Waals surface area contributed by atoms with E-state index in [9.17, 15) is 0 Å². The molecular formula is C15H24O2. The summed E-state index contributed by atoms with van der Waals surface area (Å²) in [4.78, 5) is 0. The minimum Gasteiger partial charge on any atom is -0.356 e. The number of ether oxygens (including phenoxy) is 2. The highest BCUT2D eigenvalue weighted by Gasteiger charge is 2.07. The van der Waals surface area contributed by atoms with Gasteiger partial charge in [0.25, 0.3) is 0 Å². The molecule has 0 unspecified atom stereocenters. The molecule has 1 aromatic rings. The fourth-order valence-electron chi connectivity index (χ4n) is 2.07. The van der Waals surface area contributed by atoms with Crippen molar-refractivity contribution in [1.29, 1.82) is 0 Å². The van der Waals surface area contributed by atoms with Gasteiger partial charge in [0.1, 0.15) is 0 Å². The Morgan fingerprint density at radius 2 is 1.65 bits per heavy atom. The molecule has 2 nitrogen and oxygen atoms in total. The number of hydrogen-bond acceptors (Lipinski definition) is 2. The van der Waals surface area contributed by atoms with Crippen molar-refractivity contribution < 1.29 is 9.47 Å². The van der Waals surface area contributed by atoms with Gasteiger partial charge in [0.2, 0.25) is 0 Å². The number of hydrogen-bond donors (Lipinski definition) is 0.